The first-order chi connectivity index (χ1) is 9.88. The van der Waals surface area contributed by atoms with E-state index in [0.29, 0.717) is 24.0 Å². The van der Waals surface area contributed by atoms with E-state index in [0.717, 1.165) is 12.1 Å². The number of sulfonamides is 1. The molecule has 0 amide bonds. The Labute approximate surface area is 125 Å². The van der Waals surface area contributed by atoms with Crippen LogP contribution in [-0.2, 0) is 10.0 Å². The van der Waals surface area contributed by atoms with Crippen LogP contribution in [0.2, 0.25) is 0 Å². The number of halogens is 1. The second kappa shape index (κ2) is 8.27. The van der Waals surface area contributed by atoms with Gasteiger partial charge in [-0.3, -0.25) is 10.1 Å². The molecule has 0 bridgehead atoms. The van der Waals surface area contributed by atoms with E-state index in [1.165, 1.54) is 11.8 Å². The van der Waals surface area contributed by atoms with Gasteiger partial charge in [-0.15, -0.1) is 0 Å². The van der Waals surface area contributed by atoms with E-state index < -0.39 is 31.3 Å². The third-order valence-corrected chi connectivity index (χ3v) is 4.97. The molecule has 0 atom stereocenters. The van der Waals surface area contributed by atoms with E-state index in [1.54, 1.807) is 0 Å². The highest BCUT2D eigenvalue weighted by Gasteiger charge is 2.25. The Morgan fingerprint density at radius 3 is 2.71 bits per heavy atom. The first-order valence-electron chi connectivity index (χ1n) is 6.00. The fraction of sp³-hybridized carbons (Fsp3) is 0.455. The molecule has 7 nitrogen and oxygen atoms in total. The number of rotatable bonds is 9. The molecule has 1 rings (SSSR count). The van der Waals surface area contributed by atoms with Gasteiger partial charge in [-0.05, 0) is 24.3 Å². The van der Waals surface area contributed by atoms with E-state index in [4.69, 9.17) is 5.11 Å². The summed E-state index contributed by atoms with van der Waals surface area (Å²) < 4.78 is 39.1. The number of nitrogens with zero attached hydrogens (tertiary/aromatic N) is 1. The Kier molecular flexibility index (Phi) is 7.02. The molecule has 1 aromatic rings. The lowest BCUT2D eigenvalue weighted by molar-refractivity contribution is -0.388. The molecule has 0 aromatic heterocycles. The Balaban J connectivity index is 2.72. The molecule has 0 fully saturated rings. The maximum Gasteiger partial charge on any atom is 0.292 e. The molecule has 0 spiro atoms. The number of aliphatic hydroxyl groups excluding tert-OH is 1. The predicted octanol–water partition coefficient (Wildman–Crippen LogP) is 1.13. The standard InChI is InChI=1S/C11H15FN2O5S2/c12-9-2-3-11(10(8-9)14(16)17)21(18,19)13-4-7-20-6-1-5-15/h2-3,8,13,15H,1,4-7H2. The molecular formula is C11H15FN2O5S2. The van der Waals surface area contributed by atoms with Crippen LogP contribution in [0.25, 0.3) is 0 Å². The van der Waals surface area contributed by atoms with Crippen LogP contribution in [0.5, 0.6) is 0 Å². The Morgan fingerprint density at radius 1 is 1.38 bits per heavy atom. The summed E-state index contributed by atoms with van der Waals surface area (Å²) >= 11 is 1.45. The van der Waals surface area contributed by atoms with Crippen molar-refractivity contribution in [2.75, 3.05) is 24.7 Å². The van der Waals surface area contributed by atoms with Crippen molar-refractivity contribution >= 4 is 27.5 Å². The van der Waals surface area contributed by atoms with E-state index >= 15 is 0 Å². The second-order valence-corrected chi connectivity index (χ2v) is 6.92. The van der Waals surface area contributed by atoms with Crippen LogP contribution >= 0.6 is 11.8 Å². The fourth-order valence-electron chi connectivity index (χ4n) is 1.46. The van der Waals surface area contributed by atoms with Crippen molar-refractivity contribution in [2.24, 2.45) is 0 Å². The average Bonchev–Trinajstić information content (AvgIpc) is 2.42. The van der Waals surface area contributed by atoms with Crippen LogP contribution < -0.4 is 4.72 Å². The van der Waals surface area contributed by atoms with E-state index in [1.807, 2.05) is 0 Å². The largest absolute Gasteiger partial charge is 0.396 e. The van der Waals surface area contributed by atoms with Crippen molar-refractivity contribution in [1.29, 1.82) is 0 Å². The second-order valence-electron chi connectivity index (χ2n) is 3.96. The number of hydrogen-bond acceptors (Lipinski definition) is 6. The minimum Gasteiger partial charge on any atom is -0.396 e. The van der Waals surface area contributed by atoms with Gasteiger partial charge in [0.15, 0.2) is 4.90 Å². The molecule has 0 aliphatic rings. The molecule has 0 saturated heterocycles. The maximum absolute atomic E-state index is 13.0. The average molecular weight is 338 g/mol. The summed E-state index contributed by atoms with van der Waals surface area (Å²) in [6.45, 7) is 0.160. The molecule has 0 heterocycles. The van der Waals surface area contributed by atoms with Gasteiger partial charge in [0.2, 0.25) is 10.0 Å². The van der Waals surface area contributed by atoms with Gasteiger partial charge < -0.3 is 5.11 Å². The SMILES string of the molecule is O=[N+]([O-])c1cc(F)ccc1S(=O)(=O)NCCSCCCO. The van der Waals surface area contributed by atoms with Crippen LogP contribution in [-0.4, -0.2) is 43.1 Å². The number of nitrogens with one attached hydrogen (secondary N) is 1. The quantitative estimate of drug-likeness (QED) is 0.397. The van der Waals surface area contributed by atoms with Gasteiger partial charge in [0.1, 0.15) is 5.82 Å². The molecule has 10 heteroatoms. The lowest BCUT2D eigenvalue weighted by Crippen LogP contribution is -2.26. The molecule has 1 aromatic carbocycles. The van der Waals surface area contributed by atoms with Gasteiger partial charge in [-0.2, -0.15) is 11.8 Å². The summed E-state index contributed by atoms with van der Waals surface area (Å²) in [6, 6.07) is 2.30. The van der Waals surface area contributed by atoms with Crippen LogP contribution in [0.3, 0.4) is 0 Å². The summed E-state index contributed by atoms with van der Waals surface area (Å²) in [6.07, 6.45) is 0.612. The minimum absolute atomic E-state index is 0.0699. The zero-order valence-electron chi connectivity index (χ0n) is 11.0. The Bertz CT molecular complexity index is 594. The van der Waals surface area contributed by atoms with Gasteiger partial charge in [0.05, 0.1) is 11.0 Å². The first kappa shape index (κ1) is 17.8. The lowest BCUT2D eigenvalue weighted by atomic mass is 10.3. The molecular weight excluding hydrogens is 323 g/mol. The van der Waals surface area contributed by atoms with E-state index in [-0.39, 0.29) is 13.2 Å². The van der Waals surface area contributed by atoms with Crippen LogP contribution in [0.1, 0.15) is 6.42 Å². The van der Waals surface area contributed by atoms with Crippen molar-refractivity contribution < 1.29 is 22.8 Å². The zero-order valence-corrected chi connectivity index (χ0v) is 12.6. The Hall–Kier alpha value is -1.23. The van der Waals surface area contributed by atoms with Crippen LogP contribution in [0, 0.1) is 15.9 Å². The summed E-state index contributed by atoms with van der Waals surface area (Å²) in [5, 5.41) is 19.4. The molecule has 0 aliphatic heterocycles. The number of thioether (sulfide) groups is 1. The first-order valence-corrected chi connectivity index (χ1v) is 8.64. The molecule has 118 valence electrons. The summed E-state index contributed by atoms with van der Waals surface area (Å²) in [5.41, 5.74) is -0.796. The fourth-order valence-corrected chi connectivity index (χ4v) is 3.55. The molecule has 0 saturated carbocycles. The molecule has 2 N–H and O–H groups in total. The van der Waals surface area contributed by atoms with Crippen molar-refractivity contribution in [2.45, 2.75) is 11.3 Å². The number of nitro groups is 1. The highest BCUT2D eigenvalue weighted by Crippen LogP contribution is 2.24. The third-order valence-electron chi connectivity index (χ3n) is 2.39. The van der Waals surface area contributed by atoms with E-state index in [2.05, 4.69) is 4.72 Å². The summed E-state index contributed by atoms with van der Waals surface area (Å²) in [5.74, 6) is 0.281. The van der Waals surface area contributed by atoms with Gasteiger partial charge >= 0.3 is 0 Å². The normalized spacial score (nSPS) is 11.5. The molecule has 0 unspecified atom stereocenters. The number of hydrogen-bond donors (Lipinski definition) is 2. The summed E-state index contributed by atoms with van der Waals surface area (Å²) in [7, 11) is -4.07. The monoisotopic (exact) mass is 338 g/mol. The smallest absolute Gasteiger partial charge is 0.292 e. The maximum atomic E-state index is 13.0. The van der Waals surface area contributed by atoms with E-state index in [9.17, 15) is 22.9 Å². The van der Waals surface area contributed by atoms with Crippen LogP contribution in [0.15, 0.2) is 23.1 Å². The van der Waals surface area contributed by atoms with Gasteiger partial charge in [-0.25, -0.2) is 17.5 Å². The highest BCUT2D eigenvalue weighted by atomic mass is 32.2. The predicted molar refractivity (Wildman–Crippen MR) is 77.3 cm³/mol. The molecule has 21 heavy (non-hydrogen) atoms. The van der Waals surface area contributed by atoms with Crippen molar-refractivity contribution in [1.82, 2.24) is 4.72 Å². The van der Waals surface area contributed by atoms with Crippen LogP contribution in [0.4, 0.5) is 10.1 Å². The van der Waals surface area contributed by atoms with Crippen molar-refractivity contribution in [3.05, 3.63) is 34.1 Å². The third kappa shape index (κ3) is 5.58. The summed E-state index contributed by atoms with van der Waals surface area (Å²) in [4.78, 5) is 9.29. The van der Waals surface area contributed by atoms with Gasteiger partial charge in [0.25, 0.3) is 5.69 Å². The van der Waals surface area contributed by atoms with Gasteiger partial charge in [0, 0.05) is 18.9 Å². The van der Waals surface area contributed by atoms with Crippen molar-refractivity contribution in [3.63, 3.8) is 0 Å². The Morgan fingerprint density at radius 2 is 2.10 bits per heavy atom. The number of nitro benzene ring substituents is 1. The highest BCUT2D eigenvalue weighted by molar-refractivity contribution is 7.99. The lowest BCUT2D eigenvalue weighted by Gasteiger charge is -2.07. The zero-order chi connectivity index (χ0) is 15.9. The molecule has 0 radical (unpaired) electrons. The number of benzene rings is 1. The van der Waals surface area contributed by atoms with Crippen molar-refractivity contribution in [3.8, 4) is 0 Å². The molecule has 0 aliphatic carbocycles. The minimum atomic E-state index is -4.07. The number of aliphatic hydroxyl groups is 1. The van der Waals surface area contributed by atoms with Gasteiger partial charge in [-0.1, -0.05) is 0 Å². The topological polar surface area (TPSA) is 110 Å².